The van der Waals surface area contributed by atoms with E-state index in [0.29, 0.717) is 12.2 Å². The lowest BCUT2D eigenvalue weighted by molar-refractivity contribution is 0.0720. The Hall–Kier alpha value is -2.67. The Kier molecular flexibility index (Phi) is 3.97. The zero-order valence-electron chi connectivity index (χ0n) is 15.5. The number of rotatable bonds is 3. The molecule has 1 unspecified atom stereocenters. The van der Waals surface area contributed by atoms with Crippen LogP contribution >= 0.6 is 0 Å². The molecule has 0 radical (unpaired) electrons. The molecule has 1 fully saturated rings. The van der Waals surface area contributed by atoms with Gasteiger partial charge in [0.25, 0.3) is 5.91 Å². The van der Waals surface area contributed by atoms with E-state index in [9.17, 15) is 4.79 Å². The SMILES string of the molecule is CCn1c(C2CCCN2C(=O)c2n[nH]c3c2CNCC3)nc2ccccc21. The van der Waals surface area contributed by atoms with Gasteiger partial charge in [-0.25, -0.2) is 4.98 Å². The zero-order valence-corrected chi connectivity index (χ0v) is 15.5. The van der Waals surface area contributed by atoms with Crippen molar-refractivity contribution in [1.82, 2.24) is 30.0 Å². The summed E-state index contributed by atoms with van der Waals surface area (Å²) in [6, 6.07) is 8.21. The summed E-state index contributed by atoms with van der Waals surface area (Å²) in [5.74, 6) is 1.01. The predicted octanol–water partition coefficient (Wildman–Crippen LogP) is 2.40. The first-order valence-electron chi connectivity index (χ1n) is 9.81. The van der Waals surface area contributed by atoms with Gasteiger partial charge < -0.3 is 14.8 Å². The molecule has 2 aliphatic rings. The number of aromatic amines is 1. The van der Waals surface area contributed by atoms with Crippen molar-refractivity contribution >= 4 is 16.9 Å². The number of H-pyrrole nitrogens is 1. The van der Waals surface area contributed by atoms with E-state index in [1.54, 1.807) is 0 Å². The maximum absolute atomic E-state index is 13.4. The first-order chi connectivity index (χ1) is 13.3. The molecule has 1 amide bonds. The van der Waals surface area contributed by atoms with E-state index >= 15 is 0 Å². The van der Waals surface area contributed by atoms with Crippen LogP contribution in [0, 0.1) is 0 Å². The summed E-state index contributed by atoms with van der Waals surface area (Å²) in [5.41, 5.74) is 4.82. The smallest absolute Gasteiger partial charge is 0.275 e. The van der Waals surface area contributed by atoms with Gasteiger partial charge in [-0.3, -0.25) is 9.89 Å². The van der Waals surface area contributed by atoms with E-state index in [2.05, 4.69) is 33.1 Å². The van der Waals surface area contributed by atoms with Gasteiger partial charge in [0.05, 0.1) is 17.1 Å². The molecule has 0 bridgehead atoms. The maximum atomic E-state index is 13.4. The van der Waals surface area contributed by atoms with Crippen molar-refractivity contribution in [3.05, 3.63) is 47.0 Å². The van der Waals surface area contributed by atoms with Crippen molar-refractivity contribution < 1.29 is 4.79 Å². The van der Waals surface area contributed by atoms with Gasteiger partial charge in [0.15, 0.2) is 5.69 Å². The van der Waals surface area contributed by atoms with Gasteiger partial charge in [-0.1, -0.05) is 12.1 Å². The Morgan fingerprint density at radius 1 is 1.33 bits per heavy atom. The van der Waals surface area contributed by atoms with E-state index in [0.717, 1.165) is 67.0 Å². The highest BCUT2D eigenvalue weighted by Crippen LogP contribution is 2.35. The van der Waals surface area contributed by atoms with Gasteiger partial charge in [-0.15, -0.1) is 0 Å². The first-order valence-corrected chi connectivity index (χ1v) is 9.81. The summed E-state index contributed by atoms with van der Waals surface area (Å²) in [6.07, 6.45) is 2.83. The number of likely N-dealkylation sites (tertiary alicyclic amines) is 1. The lowest BCUT2D eigenvalue weighted by Crippen LogP contribution is -2.34. The third-order valence-electron chi connectivity index (χ3n) is 5.82. The molecule has 2 N–H and O–H groups in total. The summed E-state index contributed by atoms with van der Waals surface area (Å²) in [7, 11) is 0. The van der Waals surface area contributed by atoms with Crippen LogP contribution in [-0.2, 0) is 19.5 Å². The molecule has 1 saturated heterocycles. The largest absolute Gasteiger partial charge is 0.327 e. The molecule has 1 aromatic carbocycles. The highest BCUT2D eigenvalue weighted by Gasteiger charge is 2.36. The fraction of sp³-hybridized carbons (Fsp3) is 0.450. The van der Waals surface area contributed by atoms with Crippen molar-refractivity contribution in [3.63, 3.8) is 0 Å². The summed E-state index contributed by atoms with van der Waals surface area (Å²) in [6.45, 7) is 5.37. The average molecular weight is 364 g/mol. The fourth-order valence-electron chi connectivity index (χ4n) is 4.50. The highest BCUT2D eigenvalue weighted by molar-refractivity contribution is 5.94. The van der Waals surface area contributed by atoms with E-state index < -0.39 is 0 Å². The van der Waals surface area contributed by atoms with Crippen LogP contribution in [0.25, 0.3) is 11.0 Å². The van der Waals surface area contributed by atoms with Crippen LogP contribution in [-0.4, -0.2) is 43.6 Å². The molecule has 3 aromatic rings. The molecule has 2 aromatic heterocycles. The molecule has 0 saturated carbocycles. The van der Waals surface area contributed by atoms with Crippen molar-refractivity contribution in [3.8, 4) is 0 Å². The molecule has 0 spiro atoms. The van der Waals surface area contributed by atoms with Crippen molar-refractivity contribution in [2.45, 2.75) is 45.3 Å². The molecule has 7 heteroatoms. The third-order valence-corrected chi connectivity index (χ3v) is 5.82. The number of carbonyl (C=O) groups excluding carboxylic acids is 1. The number of benzene rings is 1. The zero-order chi connectivity index (χ0) is 18.4. The van der Waals surface area contributed by atoms with E-state index in [4.69, 9.17) is 4.98 Å². The number of amides is 1. The molecule has 5 rings (SSSR count). The number of aromatic nitrogens is 4. The van der Waals surface area contributed by atoms with Crippen LogP contribution in [0.4, 0.5) is 0 Å². The standard InChI is InChI=1S/C20H24N6O/c1-2-25-16-7-4-3-6-15(16)22-19(25)17-8-5-11-26(17)20(27)18-13-12-21-10-9-14(13)23-24-18/h3-4,6-7,17,21H,2,5,8-12H2,1H3,(H,23,24). The van der Waals surface area contributed by atoms with E-state index in [-0.39, 0.29) is 11.9 Å². The second kappa shape index (κ2) is 6.49. The topological polar surface area (TPSA) is 78.8 Å². The number of fused-ring (bicyclic) bond motifs is 2. The molecule has 4 heterocycles. The Labute approximate surface area is 157 Å². The second-order valence-electron chi connectivity index (χ2n) is 7.32. The summed E-state index contributed by atoms with van der Waals surface area (Å²) >= 11 is 0. The predicted molar refractivity (Wildman–Crippen MR) is 102 cm³/mol. The quantitative estimate of drug-likeness (QED) is 0.748. The summed E-state index contributed by atoms with van der Waals surface area (Å²) < 4.78 is 2.24. The third kappa shape index (κ3) is 2.56. The molecule has 2 aliphatic heterocycles. The Morgan fingerprint density at radius 3 is 3.11 bits per heavy atom. The van der Waals surface area contributed by atoms with Gasteiger partial charge in [-0.05, 0) is 31.9 Å². The number of nitrogens with zero attached hydrogens (tertiary/aromatic N) is 4. The minimum Gasteiger partial charge on any atom is -0.327 e. The highest BCUT2D eigenvalue weighted by atomic mass is 16.2. The van der Waals surface area contributed by atoms with Crippen molar-refractivity contribution in [1.29, 1.82) is 0 Å². The monoisotopic (exact) mass is 364 g/mol. The summed E-state index contributed by atoms with van der Waals surface area (Å²) in [4.78, 5) is 20.2. The van der Waals surface area contributed by atoms with Crippen LogP contribution in [0.15, 0.2) is 24.3 Å². The second-order valence-corrected chi connectivity index (χ2v) is 7.32. The molecule has 7 nitrogen and oxygen atoms in total. The Morgan fingerprint density at radius 2 is 2.22 bits per heavy atom. The van der Waals surface area contributed by atoms with Crippen molar-refractivity contribution in [2.75, 3.05) is 13.1 Å². The van der Waals surface area contributed by atoms with Gasteiger partial charge in [0.2, 0.25) is 0 Å². The Bertz CT molecular complexity index is 1000. The first kappa shape index (κ1) is 16.5. The normalized spacial score (nSPS) is 19.6. The number of hydrogen-bond donors (Lipinski definition) is 2. The van der Waals surface area contributed by atoms with E-state index in [1.165, 1.54) is 0 Å². The van der Waals surface area contributed by atoms with Crippen LogP contribution in [0.2, 0.25) is 0 Å². The van der Waals surface area contributed by atoms with Gasteiger partial charge in [-0.2, -0.15) is 5.10 Å². The number of imidazole rings is 1. The molecule has 1 atom stereocenters. The molecule has 27 heavy (non-hydrogen) atoms. The number of aryl methyl sites for hydroxylation is 1. The van der Waals surface area contributed by atoms with Crippen LogP contribution in [0.3, 0.4) is 0 Å². The minimum atomic E-state index is 0.00810. The average Bonchev–Trinajstić information content (AvgIpc) is 3.42. The minimum absolute atomic E-state index is 0.00810. The molecular formula is C20H24N6O. The maximum Gasteiger partial charge on any atom is 0.275 e. The Balaban J connectivity index is 1.53. The molecule has 140 valence electrons. The number of para-hydroxylation sites is 2. The lowest BCUT2D eigenvalue weighted by atomic mass is 10.1. The molecular weight excluding hydrogens is 340 g/mol. The fourth-order valence-corrected chi connectivity index (χ4v) is 4.50. The van der Waals surface area contributed by atoms with Gasteiger partial charge in [0.1, 0.15) is 5.82 Å². The molecule has 0 aliphatic carbocycles. The van der Waals surface area contributed by atoms with E-state index in [1.807, 2.05) is 23.1 Å². The van der Waals surface area contributed by atoms with Gasteiger partial charge in [0, 0.05) is 43.9 Å². The number of nitrogens with one attached hydrogen (secondary N) is 2. The van der Waals surface area contributed by atoms with Crippen LogP contribution in [0.5, 0.6) is 0 Å². The lowest BCUT2D eigenvalue weighted by Gasteiger charge is -2.25. The van der Waals surface area contributed by atoms with Crippen LogP contribution in [0.1, 0.15) is 53.4 Å². The number of carbonyl (C=O) groups is 1. The van der Waals surface area contributed by atoms with Gasteiger partial charge >= 0.3 is 0 Å². The number of hydrogen-bond acceptors (Lipinski definition) is 4. The van der Waals surface area contributed by atoms with Crippen molar-refractivity contribution in [2.24, 2.45) is 0 Å². The van der Waals surface area contributed by atoms with Crippen LogP contribution < -0.4 is 5.32 Å². The summed E-state index contributed by atoms with van der Waals surface area (Å²) in [5, 5.41) is 10.8.